The highest BCUT2D eigenvalue weighted by Gasteiger charge is 2.24. The first-order valence-corrected chi connectivity index (χ1v) is 6.28. The zero-order chi connectivity index (χ0) is 13.8. The third kappa shape index (κ3) is 3.08. The lowest BCUT2D eigenvalue weighted by Crippen LogP contribution is -2.32. The van der Waals surface area contributed by atoms with Crippen molar-refractivity contribution < 1.29 is 4.92 Å². The van der Waals surface area contributed by atoms with Gasteiger partial charge in [0.05, 0.1) is 4.92 Å². The van der Waals surface area contributed by atoms with Crippen LogP contribution in [-0.2, 0) is 0 Å². The van der Waals surface area contributed by atoms with E-state index in [-0.39, 0.29) is 17.3 Å². The Labute approximate surface area is 111 Å². The SMILES string of the molecule is CN(CCN1CCCC1)c1ncnc(N)c1[N+](=O)[O-]. The van der Waals surface area contributed by atoms with Crippen LogP contribution < -0.4 is 10.6 Å². The summed E-state index contributed by atoms with van der Waals surface area (Å²) in [4.78, 5) is 22.2. The van der Waals surface area contributed by atoms with Crippen LogP contribution in [0.4, 0.5) is 17.3 Å². The van der Waals surface area contributed by atoms with E-state index in [0.29, 0.717) is 6.54 Å². The zero-order valence-corrected chi connectivity index (χ0v) is 10.9. The summed E-state index contributed by atoms with van der Waals surface area (Å²) in [5.74, 6) is 0.180. The summed E-state index contributed by atoms with van der Waals surface area (Å²) in [6, 6.07) is 0. The highest BCUT2D eigenvalue weighted by molar-refractivity contribution is 5.68. The molecule has 0 spiro atoms. The Balaban J connectivity index is 2.07. The van der Waals surface area contributed by atoms with Gasteiger partial charge < -0.3 is 15.5 Å². The number of aromatic nitrogens is 2. The second kappa shape index (κ2) is 5.79. The minimum absolute atomic E-state index is 0.0944. The zero-order valence-electron chi connectivity index (χ0n) is 10.9. The number of anilines is 2. The van der Waals surface area contributed by atoms with Crippen LogP contribution in [0.25, 0.3) is 0 Å². The lowest BCUT2D eigenvalue weighted by molar-refractivity contribution is -0.383. The van der Waals surface area contributed by atoms with Crippen molar-refractivity contribution in [1.29, 1.82) is 0 Å². The number of nitrogen functional groups attached to an aromatic ring is 1. The van der Waals surface area contributed by atoms with Gasteiger partial charge in [0.15, 0.2) is 0 Å². The Bertz CT molecular complexity index is 460. The standard InChI is InChI=1S/C11H18N6O2/c1-15(6-7-16-4-2-3-5-16)11-9(17(18)19)10(12)13-8-14-11/h8H,2-7H2,1H3,(H2,12,13,14). The summed E-state index contributed by atoms with van der Waals surface area (Å²) in [6.07, 6.45) is 3.71. The van der Waals surface area contributed by atoms with Gasteiger partial charge in [-0.25, -0.2) is 9.97 Å². The first-order valence-electron chi connectivity index (χ1n) is 6.28. The van der Waals surface area contributed by atoms with E-state index in [1.165, 1.54) is 19.2 Å². The molecule has 1 saturated heterocycles. The number of hydrogen-bond donors (Lipinski definition) is 1. The Hall–Kier alpha value is -1.96. The van der Waals surface area contributed by atoms with Crippen LogP contribution in [0.1, 0.15) is 12.8 Å². The van der Waals surface area contributed by atoms with Gasteiger partial charge in [0.1, 0.15) is 6.33 Å². The van der Waals surface area contributed by atoms with E-state index in [9.17, 15) is 10.1 Å². The largest absolute Gasteiger partial charge is 0.378 e. The minimum Gasteiger partial charge on any atom is -0.378 e. The molecule has 1 aromatic heterocycles. The van der Waals surface area contributed by atoms with E-state index < -0.39 is 4.92 Å². The van der Waals surface area contributed by atoms with Gasteiger partial charge in [-0.05, 0) is 25.9 Å². The van der Waals surface area contributed by atoms with Gasteiger partial charge in [-0.15, -0.1) is 0 Å². The fourth-order valence-corrected chi connectivity index (χ4v) is 2.24. The fourth-order valence-electron chi connectivity index (χ4n) is 2.24. The molecule has 0 aliphatic carbocycles. The molecular formula is C11H18N6O2. The van der Waals surface area contributed by atoms with Gasteiger partial charge in [0.25, 0.3) is 0 Å². The second-order valence-electron chi connectivity index (χ2n) is 4.66. The average molecular weight is 266 g/mol. The van der Waals surface area contributed by atoms with E-state index in [2.05, 4.69) is 14.9 Å². The van der Waals surface area contributed by atoms with Crippen molar-refractivity contribution in [3.05, 3.63) is 16.4 Å². The summed E-state index contributed by atoms with van der Waals surface area (Å²) in [5, 5.41) is 11.0. The van der Waals surface area contributed by atoms with Crippen molar-refractivity contribution in [3.8, 4) is 0 Å². The molecule has 0 saturated carbocycles. The van der Waals surface area contributed by atoms with E-state index in [0.717, 1.165) is 19.6 Å². The van der Waals surface area contributed by atoms with E-state index in [4.69, 9.17) is 5.73 Å². The number of hydrogen-bond acceptors (Lipinski definition) is 7. The van der Waals surface area contributed by atoms with Crippen LogP contribution in [0, 0.1) is 10.1 Å². The summed E-state index contributed by atoms with van der Waals surface area (Å²) in [5.41, 5.74) is 5.33. The third-order valence-electron chi connectivity index (χ3n) is 3.33. The molecule has 0 aromatic carbocycles. The van der Waals surface area contributed by atoms with Crippen LogP contribution in [0.2, 0.25) is 0 Å². The molecule has 2 heterocycles. The van der Waals surface area contributed by atoms with Gasteiger partial charge in [0.2, 0.25) is 11.6 Å². The number of likely N-dealkylation sites (N-methyl/N-ethyl adjacent to an activating group) is 1. The van der Waals surface area contributed by atoms with Gasteiger partial charge in [-0.1, -0.05) is 0 Å². The Kier molecular flexibility index (Phi) is 4.10. The summed E-state index contributed by atoms with van der Waals surface area (Å²) < 4.78 is 0. The quantitative estimate of drug-likeness (QED) is 0.611. The Morgan fingerprint density at radius 1 is 1.47 bits per heavy atom. The van der Waals surface area contributed by atoms with Crippen molar-refractivity contribution in [1.82, 2.24) is 14.9 Å². The first-order chi connectivity index (χ1) is 9.09. The van der Waals surface area contributed by atoms with E-state index in [1.807, 2.05) is 0 Å². The molecule has 2 N–H and O–H groups in total. The molecule has 1 fully saturated rings. The Morgan fingerprint density at radius 2 is 2.16 bits per heavy atom. The fraction of sp³-hybridized carbons (Fsp3) is 0.636. The monoisotopic (exact) mass is 266 g/mol. The number of nitrogens with two attached hydrogens (primary N) is 1. The molecule has 104 valence electrons. The number of nitro groups is 1. The smallest absolute Gasteiger partial charge is 0.353 e. The van der Waals surface area contributed by atoms with Crippen molar-refractivity contribution in [2.75, 3.05) is 43.9 Å². The third-order valence-corrected chi connectivity index (χ3v) is 3.33. The average Bonchev–Trinajstić information content (AvgIpc) is 2.88. The van der Waals surface area contributed by atoms with E-state index in [1.54, 1.807) is 11.9 Å². The molecule has 1 aromatic rings. The van der Waals surface area contributed by atoms with Crippen LogP contribution in [0.15, 0.2) is 6.33 Å². The predicted molar refractivity (Wildman–Crippen MR) is 72.0 cm³/mol. The Morgan fingerprint density at radius 3 is 2.79 bits per heavy atom. The molecule has 1 aliphatic heterocycles. The van der Waals surface area contributed by atoms with E-state index >= 15 is 0 Å². The van der Waals surface area contributed by atoms with Crippen LogP contribution in [0.5, 0.6) is 0 Å². The number of nitrogens with zero attached hydrogens (tertiary/aromatic N) is 5. The maximum atomic E-state index is 11.0. The lowest BCUT2D eigenvalue weighted by atomic mass is 10.4. The molecule has 0 radical (unpaired) electrons. The molecule has 0 unspecified atom stereocenters. The second-order valence-corrected chi connectivity index (χ2v) is 4.66. The van der Waals surface area contributed by atoms with Crippen molar-refractivity contribution >= 4 is 17.3 Å². The van der Waals surface area contributed by atoms with Crippen molar-refractivity contribution in [2.24, 2.45) is 0 Å². The highest BCUT2D eigenvalue weighted by atomic mass is 16.6. The molecule has 2 rings (SSSR count). The van der Waals surface area contributed by atoms with Crippen LogP contribution in [0.3, 0.4) is 0 Å². The predicted octanol–water partition coefficient (Wildman–Crippen LogP) is 0.499. The van der Waals surface area contributed by atoms with Crippen LogP contribution in [-0.4, -0.2) is 53.0 Å². The van der Waals surface area contributed by atoms with Crippen LogP contribution >= 0.6 is 0 Å². The van der Waals surface area contributed by atoms with Gasteiger partial charge >= 0.3 is 5.69 Å². The maximum Gasteiger partial charge on any atom is 0.353 e. The lowest BCUT2D eigenvalue weighted by Gasteiger charge is -2.22. The molecule has 8 nitrogen and oxygen atoms in total. The maximum absolute atomic E-state index is 11.0. The molecule has 19 heavy (non-hydrogen) atoms. The molecule has 8 heteroatoms. The minimum atomic E-state index is -0.531. The van der Waals surface area contributed by atoms with Gasteiger partial charge in [-0.3, -0.25) is 10.1 Å². The van der Waals surface area contributed by atoms with Crippen molar-refractivity contribution in [3.63, 3.8) is 0 Å². The highest BCUT2D eigenvalue weighted by Crippen LogP contribution is 2.28. The summed E-state index contributed by atoms with van der Waals surface area (Å²) in [7, 11) is 1.78. The number of likely N-dealkylation sites (tertiary alicyclic amines) is 1. The first kappa shape index (κ1) is 13.5. The molecule has 0 bridgehead atoms. The molecule has 0 amide bonds. The number of rotatable bonds is 5. The molecule has 0 atom stereocenters. The summed E-state index contributed by atoms with van der Waals surface area (Å²) >= 11 is 0. The molecule has 1 aliphatic rings. The van der Waals surface area contributed by atoms with Gasteiger partial charge in [0, 0.05) is 20.1 Å². The topological polar surface area (TPSA) is 101 Å². The van der Waals surface area contributed by atoms with Gasteiger partial charge in [-0.2, -0.15) is 0 Å². The van der Waals surface area contributed by atoms with Crippen molar-refractivity contribution in [2.45, 2.75) is 12.8 Å². The summed E-state index contributed by atoms with van der Waals surface area (Å²) in [6.45, 7) is 3.75. The normalized spacial score (nSPS) is 15.6. The molecular weight excluding hydrogens is 248 g/mol.